The number of hydrogen-bond donors (Lipinski definition) is 2. The maximum absolute atomic E-state index is 11.3. The van der Waals surface area contributed by atoms with Crippen LogP contribution in [0.2, 0.25) is 0 Å². The molecule has 1 aliphatic rings. The number of hydrogen-bond acceptors (Lipinski definition) is 2. The molecule has 1 aromatic heterocycles. The van der Waals surface area contributed by atoms with Gasteiger partial charge in [-0.05, 0) is 29.4 Å². The fourth-order valence-corrected chi connectivity index (χ4v) is 5.98. The summed E-state index contributed by atoms with van der Waals surface area (Å²) in [6.07, 6.45) is 5.88. The Labute approximate surface area is 213 Å². The monoisotopic (exact) mass is 474 g/mol. The summed E-state index contributed by atoms with van der Waals surface area (Å²) in [6.45, 7) is 1.16. The maximum Gasteiger partial charge on any atom is 0.0843 e. The number of rotatable bonds is 7. The van der Waals surface area contributed by atoms with Crippen LogP contribution in [0.1, 0.15) is 32.1 Å². The molecule has 0 radical (unpaired) electrons. The third kappa shape index (κ3) is 4.45. The van der Waals surface area contributed by atoms with E-state index in [4.69, 9.17) is 0 Å². The molecular weight excluding hydrogens is 440 g/mol. The average molecular weight is 475 g/mol. The van der Waals surface area contributed by atoms with E-state index in [1.165, 1.54) is 76.2 Å². The van der Waals surface area contributed by atoms with Crippen LogP contribution in [0.25, 0.3) is 44.1 Å². The van der Waals surface area contributed by atoms with Crippen molar-refractivity contribution in [2.24, 2.45) is 0 Å². The number of aromatic nitrogens is 1. The standard InChI is InChI=1S/C33H34N2O/c36-28(22-34-27-17-8-3-9-18-27)23-35-32(26-15-6-2-7-16-26)31(25-13-4-1-5-14-25)30-21-20-24-12-10-11-19-29(24)33(30)35/h1-2,4-7,10-16,19-21,27-28,34,36H,3,8-9,17-18,22-23H2. The van der Waals surface area contributed by atoms with Crippen molar-refractivity contribution in [3.8, 4) is 22.4 Å². The molecule has 0 aliphatic heterocycles. The van der Waals surface area contributed by atoms with E-state index in [-0.39, 0.29) is 0 Å². The van der Waals surface area contributed by atoms with Crippen LogP contribution < -0.4 is 5.32 Å². The van der Waals surface area contributed by atoms with Crippen molar-refractivity contribution in [2.45, 2.75) is 50.8 Å². The van der Waals surface area contributed by atoms with Crippen LogP contribution >= 0.6 is 0 Å². The Bertz CT molecular complexity index is 1450. The van der Waals surface area contributed by atoms with Gasteiger partial charge in [0.1, 0.15) is 0 Å². The molecule has 0 bridgehead atoms. The van der Waals surface area contributed by atoms with Gasteiger partial charge in [0.05, 0.1) is 23.9 Å². The minimum atomic E-state index is -0.479. The highest BCUT2D eigenvalue weighted by Crippen LogP contribution is 2.43. The Hall–Kier alpha value is -3.40. The highest BCUT2D eigenvalue weighted by atomic mass is 16.3. The topological polar surface area (TPSA) is 37.2 Å². The SMILES string of the molecule is OC(CNC1CCCCC1)Cn1c(-c2ccccc2)c(-c2ccccc2)c2ccc3ccccc3c21. The van der Waals surface area contributed by atoms with Gasteiger partial charge in [-0.2, -0.15) is 0 Å². The third-order valence-corrected chi connectivity index (χ3v) is 7.70. The predicted octanol–water partition coefficient (Wildman–Crippen LogP) is 7.41. The van der Waals surface area contributed by atoms with Crippen molar-refractivity contribution >= 4 is 21.7 Å². The summed E-state index contributed by atoms with van der Waals surface area (Å²) < 4.78 is 2.38. The second kappa shape index (κ2) is 10.3. The molecule has 36 heavy (non-hydrogen) atoms. The number of aliphatic hydroxyl groups excluding tert-OH is 1. The molecule has 0 spiro atoms. The van der Waals surface area contributed by atoms with E-state index in [0.717, 1.165) is 0 Å². The van der Waals surface area contributed by atoms with Gasteiger partial charge in [-0.1, -0.05) is 116 Å². The summed E-state index contributed by atoms with van der Waals surface area (Å²) in [5, 5.41) is 18.7. The van der Waals surface area contributed by atoms with E-state index < -0.39 is 6.10 Å². The van der Waals surface area contributed by atoms with Gasteiger partial charge in [-0.3, -0.25) is 0 Å². The lowest BCUT2D eigenvalue weighted by Gasteiger charge is -2.25. The Morgan fingerprint density at radius 2 is 1.39 bits per heavy atom. The van der Waals surface area contributed by atoms with E-state index in [1.54, 1.807) is 0 Å². The van der Waals surface area contributed by atoms with E-state index >= 15 is 0 Å². The van der Waals surface area contributed by atoms with Gasteiger partial charge < -0.3 is 15.0 Å². The highest BCUT2D eigenvalue weighted by Gasteiger charge is 2.23. The molecule has 182 valence electrons. The van der Waals surface area contributed by atoms with Gasteiger partial charge in [0.15, 0.2) is 0 Å². The van der Waals surface area contributed by atoms with Crippen LogP contribution in [0.5, 0.6) is 0 Å². The molecule has 1 fully saturated rings. The molecule has 4 aromatic carbocycles. The molecule has 1 saturated carbocycles. The molecule has 3 nitrogen and oxygen atoms in total. The van der Waals surface area contributed by atoms with Crippen LogP contribution in [-0.4, -0.2) is 28.4 Å². The molecule has 1 aliphatic carbocycles. The van der Waals surface area contributed by atoms with Crippen LogP contribution in [0.3, 0.4) is 0 Å². The lowest BCUT2D eigenvalue weighted by atomic mass is 9.95. The lowest BCUT2D eigenvalue weighted by molar-refractivity contribution is 0.146. The van der Waals surface area contributed by atoms with E-state index in [1.807, 2.05) is 0 Å². The number of fused-ring (bicyclic) bond motifs is 3. The minimum Gasteiger partial charge on any atom is -0.390 e. The van der Waals surface area contributed by atoms with Crippen molar-refractivity contribution in [1.29, 1.82) is 0 Å². The second-order valence-corrected chi connectivity index (χ2v) is 10.1. The Morgan fingerprint density at radius 3 is 2.14 bits per heavy atom. The number of benzene rings is 4. The summed E-state index contributed by atoms with van der Waals surface area (Å²) >= 11 is 0. The van der Waals surface area contributed by atoms with Crippen LogP contribution in [0, 0.1) is 0 Å². The minimum absolute atomic E-state index is 0.479. The zero-order valence-electron chi connectivity index (χ0n) is 20.7. The van der Waals surface area contributed by atoms with Crippen molar-refractivity contribution in [3.05, 3.63) is 97.1 Å². The van der Waals surface area contributed by atoms with Gasteiger partial charge in [0, 0.05) is 28.9 Å². The summed E-state index contributed by atoms with van der Waals surface area (Å²) in [4.78, 5) is 0. The van der Waals surface area contributed by atoms with Crippen LogP contribution in [-0.2, 0) is 6.54 Å². The summed E-state index contributed by atoms with van der Waals surface area (Å²) in [6, 6.07) is 34.9. The normalized spacial score (nSPS) is 15.5. The number of nitrogens with one attached hydrogen (secondary N) is 1. The van der Waals surface area contributed by atoms with Crippen LogP contribution in [0.4, 0.5) is 0 Å². The van der Waals surface area contributed by atoms with Crippen molar-refractivity contribution in [3.63, 3.8) is 0 Å². The van der Waals surface area contributed by atoms with Crippen molar-refractivity contribution in [2.75, 3.05) is 6.54 Å². The first-order valence-electron chi connectivity index (χ1n) is 13.4. The average Bonchev–Trinajstić information content (AvgIpc) is 3.27. The number of aliphatic hydroxyl groups is 1. The fraction of sp³-hybridized carbons (Fsp3) is 0.273. The van der Waals surface area contributed by atoms with Gasteiger partial charge in [-0.15, -0.1) is 0 Å². The summed E-state index contributed by atoms with van der Waals surface area (Å²) in [5.74, 6) is 0. The number of nitrogens with zero attached hydrogens (tertiary/aromatic N) is 1. The largest absolute Gasteiger partial charge is 0.390 e. The lowest BCUT2D eigenvalue weighted by Crippen LogP contribution is -2.38. The molecule has 5 aromatic rings. The van der Waals surface area contributed by atoms with E-state index in [9.17, 15) is 5.11 Å². The molecule has 6 rings (SSSR count). The Morgan fingerprint density at radius 1 is 0.722 bits per heavy atom. The zero-order valence-corrected chi connectivity index (χ0v) is 20.7. The molecule has 0 amide bonds. The molecular formula is C33H34N2O. The van der Waals surface area contributed by atoms with Gasteiger partial charge >= 0.3 is 0 Å². The molecule has 0 saturated heterocycles. The first-order valence-corrected chi connectivity index (χ1v) is 13.4. The molecule has 2 N–H and O–H groups in total. The van der Waals surface area contributed by atoms with Crippen molar-refractivity contribution < 1.29 is 5.11 Å². The Balaban J connectivity index is 1.53. The van der Waals surface area contributed by atoms with Gasteiger partial charge in [0.2, 0.25) is 0 Å². The first-order chi connectivity index (χ1) is 17.8. The Kier molecular flexibility index (Phi) is 6.59. The highest BCUT2D eigenvalue weighted by molar-refractivity contribution is 6.15. The smallest absolute Gasteiger partial charge is 0.0843 e. The first kappa shape index (κ1) is 23.0. The predicted molar refractivity (Wildman–Crippen MR) is 151 cm³/mol. The third-order valence-electron chi connectivity index (χ3n) is 7.70. The van der Waals surface area contributed by atoms with Gasteiger partial charge in [0.25, 0.3) is 0 Å². The molecule has 1 heterocycles. The zero-order chi connectivity index (χ0) is 24.3. The second-order valence-electron chi connectivity index (χ2n) is 10.1. The quantitative estimate of drug-likeness (QED) is 0.258. The fourth-order valence-electron chi connectivity index (χ4n) is 5.98. The summed E-state index contributed by atoms with van der Waals surface area (Å²) in [7, 11) is 0. The molecule has 1 unspecified atom stereocenters. The van der Waals surface area contributed by atoms with Crippen molar-refractivity contribution in [1.82, 2.24) is 9.88 Å². The van der Waals surface area contributed by atoms with E-state index in [0.29, 0.717) is 19.1 Å². The molecule has 1 atom stereocenters. The van der Waals surface area contributed by atoms with Gasteiger partial charge in [-0.25, -0.2) is 0 Å². The maximum atomic E-state index is 11.3. The summed E-state index contributed by atoms with van der Waals surface area (Å²) in [5.41, 5.74) is 5.97. The molecule has 3 heteroatoms. The van der Waals surface area contributed by atoms with E-state index in [2.05, 4.69) is 107 Å². The van der Waals surface area contributed by atoms with Crippen LogP contribution in [0.15, 0.2) is 97.1 Å².